The molecule has 0 bridgehead atoms. The van der Waals surface area contributed by atoms with Gasteiger partial charge in [0.05, 0.1) is 7.11 Å². The van der Waals surface area contributed by atoms with Crippen LogP contribution in [0, 0.1) is 0 Å². The van der Waals surface area contributed by atoms with Crippen LogP contribution in [0.1, 0.15) is 43.5 Å². The zero-order valence-electron chi connectivity index (χ0n) is 15.0. The minimum Gasteiger partial charge on any atom is -0.497 e. The molecule has 0 radical (unpaired) electrons. The van der Waals surface area contributed by atoms with Crippen LogP contribution >= 0.6 is 0 Å². The van der Waals surface area contributed by atoms with Crippen LogP contribution in [0.3, 0.4) is 0 Å². The minimum atomic E-state index is -0.229. The quantitative estimate of drug-likeness (QED) is 0.742. The Morgan fingerprint density at radius 3 is 2.28 bits per heavy atom. The lowest BCUT2D eigenvalue weighted by Crippen LogP contribution is -2.53. The molecule has 1 heterocycles. The minimum absolute atomic E-state index is 0.136. The largest absolute Gasteiger partial charge is 0.497 e. The summed E-state index contributed by atoms with van der Waals surface area (Å²) < 4.78 is 10.9. The second-order valence-electron chi connectivity index (χ2n) is 6.48. The van der Waals surface area contributed by atoms with Crippen LogP contribution in [-0.4, -0.2) is 30.6 Å². The van der Waals surface area contributed by atoms with Crippen LogP contribution < -0.4 is 4.74 Å². The van der Waals surface area contributed by atoms with Crippen molar-refractivity contribution in [2.45, 2.75) is 38.5 Å². The predicted octanol–water partition coefficient (Wildman–Crippen LogP) is 4.13. The van der Waals surface area contributed by atoms with E-state index in [-0.39, 0.29) is 24.2 Å². The molecular weight excluding hydrogens is 314 g/mol. The first-order chi connectivity index (χ1) is 12.1. The van der Waals surface area contributed by atoms with Crippen molar-refractivity contribution in [1.82, 2.24) is 4.90 Å². The van der Waals surface area contributed by atoms with Crippen LogP contribution in [0.2, 0.25) is 0 Å². The van der Waals surface area contributed by atoms with Crippen molar-refractivity contribution in [3.63, 3.8) is 0 Å². The van der Waals surface area contributed by atoms with E-state index in [4.69, 9.17) is 9.47 Å². The van der Waals surface area contributed by atoms with E-state index >= 15 is 0 Å². The van der Waals surface area contributed by atoms with Crippen LogP contribution in [0.5, 0.6) is 5.75 Å². The van der Waals surface area contributed by atoms with Gasteiger partial charge in [-0.15, -0.1) is 0 Å². The number of esters is 1. The molecule has 1 saturated heterocycles. The molecule has 25 heavy (non-hydrogen) atoms. The van der Waals surface area contributed by atoms with Crippen molar-refractivity contribution in [2.24, 2.45) is 0 Å². The molecule has 0 saturated carbocycles. The van der Waals surface area contributed by atoms with Crippen molar-refractivity contribution in [1.29, 1.82) is 0 Å². The van der Waals surface area contributed by atoms with Crippen molar-refractivity contribution in [3.8, 4) is 5.75 Å². The van der Waals surface area contributed by atoms with Gasteiger partial charge in [-0.25, -0.2) is 0 Å². The van der Waals surface area contributed by atoms with Gasteiger partial charge in [-0.3, -0.25) is 9.69 Å². The van der Waals surface area contributed by atoms with Gasteiger partial charge in [0.1, 0.15) is 17.9 Å². The molecule has 2 aromatic carbocycles. The Balaban J connectivity index is 1.62. The van der Waals surface area contributed by atoms with Crippen molar-refractivity contribution in [3.05, 3.63) is 65.7 Å². The van der Waals surface area contributed by atoms with Crippen molar-refractivity contribution < 1.29 is 14.3 Å². The summed E-state index contributed by atoms with van der Waals surface area (Å²) in [4.78, 5) is 14.8. The summed E-state index contributed by atoms with van der Waals surface area (Å²) >= 11 is 0. The SMILES string of the molecule is COc1ccc(C(C)N2CCC2C(=O)OC(C)c2ccccc2)cc1. The van der Waals surface area contributed by atoms with Gasteiger partial charge in [-0.2, -0.15) is 0 Å². The fourth-order valence-corrected chi connectivity index (χ4v) is 3.24. The van der Waals surface area contributed by atoms with Gasteiger partial charge in [0.25, 0.3) is 0 Å². The third kappa shape index (κ3) is 3.85. The van der Waals surface area contributed by atoms with Gasteiger partial charge >= 0.3 is 5.97 Å². The molecular formula is C21H25NO3. The van der Waals surface area contributed by atoms with Crippen LogP contribution in [0.15, 0.2) is 54.6 Å². The Kier molecular flexibility index (Phi) is 5.39. The van der Waals surface area contributed by atoms with E-state index < -0.39 is 0 Å². The Morgan fingerprint density at radius 2 is 1.72 bits per heavy atom. The summed E-state index contributed by atoms with van der Waals surface area (Å²) in [6.45, 7) is 4.96. The first-order valence-corrected chi connectivity index (χ1v) is 8.75. The molecule has 0 spiro atoms. The standard InChI is InChI=1S/C21H25NO3/c1-15(17-9-11-19(24-3)12-10-17)22-14-13-20(22)21(23)25-16(2)18-7-5-4-6-8-18/h4-12,15-16,20H,13-14H2,1-3H3. The molecule has 3 rings (SSSR count). The Bertz CT molecular complexity index is 699. The highest BCUT2D eigenvalue weighted by Crippen LogP contribution is 2.32. The number of likely N-dealkylation sites (tertiary alicyclic amines) is 1. The molecule has 3 atom stereocenters. The van der Waals surface area contributed by atoms with Crippen molar-refractivity contribution in [2.75, 3.05) is 13.7 Å². The van der Waals surface area contributed by atoms with E-state index in [1.54, 1.807) is 7.11 Å². The maximum atomic E-state index is 12.6. The Hall–Kier alpha value is -2.33. The third-order valence-corrected chi connectivity index (χ3v) is 4.99. The lowest BCUT2D eigenvalue weighted by Gasteiger charge is -2.43. The highest BCUT2D eigenvalue weighted by atomic mass is 16.5. The summed E-state index contributed by atoms with van der Waals surface area (Å²) in [6.07, 6.45) is 0.619. The summed E-state index contributed by atoms with van der Waals surface area (Å²) in [5, 5.41) is 0. The molecule has 0 aliphatic carbocycles. The van der Waals surface area contributed by atoms with E-state index in [0.717, 1.165) is 24.3 Å². The zero-order valence-corrected chi connectivity index (χ0v) is 15.0. The molecule has 0 aromatic heterocycles. The number of ether oxygens (including phenoxy) is 2. The predicted molar refractivity (Wildman–Crippen MR) is 97.5 cm³/mol. The van der Waals surface area contributed by atoms with Gasteiger partial charge in [0.15, 0.2) is 0 Å². The molecule has 0 N–H and O–H groups in total. The average molecular weight is 339 g/mol. The Morgan fingerprint density at radius 1 is 1.04 bits per heavy atom. The second kappa shape index (κ2) is 7.70. The maximum absolute atomic E-state index is 12.6. The van der Waals surface area contributed by atoms with Gasteiger partial charge < -0.3 is 9.47 Å². The molecule has 1 aliphatic rings. The first-order valence-electron chi connectivity index (χ1n) is 8.75. The van der Waals surface area contributed by atoms with Gasteiger partial charge in [0.2, 0.25) is 0 Å². The van der Waals surface area contributed by atoms with E-state index in [1.165, 1.54) is 5.56 Å². The molecule has 4 nitrogen and oxygen atoms in total. The number of methoxy groups -OCH3 is 1. The highest BCUT2D eigenvalue weighted by Gasteiger charge is 2.39. The van der Waals surface area contributed by atoms with E-state index in [9.17, 15) is 4.79 Å². The first kappa shape index (κ1) is 17.5. The maximum Gasteiger partial charge on any atom is 0.324 e. The average Bonchev–Trinajstić information content (AvgIpc) is 2.61. The normalized spacial score (nSPS) is 19.6. The van der Waals surface area contributed by atoms with Crippen LogP contribution in [0.25, 0.3) is 0 Å². The van der Waals surface area contributed by atoms with Gasteiger partial charge in [-0.1, -0.05) is 42.5 Å². The number of rotatable bonds is 6. The van der Waals surface area contributed by atoms with Gasteiger partial charge in [-0.05, 0) is 43.5 Å². The lowest BCUT2D eigenvalue weighted by atomic mass is 9.96. The lowest BCUT2D eigenvalue weighted by molar-refractivity contribution is -0.162. The topological polar surface area (TPSA) is 38.8 Å². The second-order valence-corrected chi connectivity index (χ2v) is 6.48. The summed E-state index contributed by atoms with van der Waals surface area (Å²) in [7, 11) is 1.66. The number of hydrogen-bond acceptors (Lipinski definition) is 4. The number of benzene rings is 2. The summed E-state index contributed by atoms with van der Waals surface area (Å²) in [5.74, 6) is 0.704. The summed E-state index contributed by atoms with van der Waals surface area (Å²) in [6, 6.07) is 17.9. The third-order valence-electron chi connectivity index (χ3n) is 4.99. The molecule has 0 amide bonds. The number of nitrogens with zero attached hydrogens (tertiary/aromatic N) is 1. The molecule has 2 aromatic rings. The fraction of sp³-hybridized carbons (Fsp3) is 0.381. The van der Waals surface area contributed by atoms with Crippen LogP contribution in [0.4, 0.5) is 0 Å². The number of hydrogen-bond donors (Lipinski definition) is 0. The van der Waals surface area contributed by atoms with Crippen LogP contribution in [-0.2, 0) is 9.53 Å². The molecule has 4 heteroatoms. The summed E-state index contributed by atoms with van der Waals surface area (Å²) in [5.41, 5.74) is 2.19. The molecule has 1 fully saturated rings. The number of carbonyl (C=O) groups is 1. The smallest absolute Gasteiger partial charge is 0.324 e. The zero-order chi connectivity index (χ0) is 17.8. The molecule has 1 aliphatic heterocycles. The monoisotopic (exact) mass is 339 g/mol. The highest BCUT2D eigenvalue weighted by molar-refractivity contribution is 5.77. The fourth-order valence-electron chi connectivity index (χ4n) is 3.24. The Labute approximate surface area is 149 Å². The van der Waals surface area contributed by atoms with E-state index in [1.807, 2.05) is 49.4 Å². The van der Waals surface area contributed by atoms with E-state index in [2.05, 4.69) is 24.0 Å². The number of carbonyl (C=O) groups excluding carboxylic acids is 1. The van der Waals surface area contributed by atoms with E-state index in [0.29, 0.717) is 0 Å². The molecule has 132 valence electrons. The molecule has 3 unspecified atom stereocenters. The van der Waals surface area contributed by atoms with Crippen molar-refractivity contribution >= 4 is 5.97 Å². The van der Waals surface area contributed by atoms with Gasteiger partial charge in [0, 0.05) is 12.6 Å².